The lowest BCUT2D eigenvalue weighted by atomic mass is 10.1. The standard InChI is InChI=1S/C15H21N5O/c1-20-8-6-13(7-9-20)21-12-4-2-11(3-5-12)15-17-14(10-16)18-19-15/h2-5,13H,6-10,16H2,1H3,(H,17,18,19). The average molecular weight is 287 g/mol. The monoisotopic (exact) mass is 287 g/mol. The third kappa shape index (κ3) is 3.40. The van der Waals surface area contributed by atoms with Crippen molar-refractivity contribution in [1.29, 1.82) is 0 Å². The first kappa shape index (κ1) is 14.0. The number of H-pyrrole nitrogens is 1. The van der Waals surface area contributed by atoms with Crippen LogP contribution in [0, 0.1) is 0 Å². The second-order valence-corrected chi connectivity index (χ2v) is 5.45. The minimum absolute atomic E-state index is 0.319. The summed E-state index contributed by atoms with van der Waals surface area (Å²) in [4.78, 5) is 6.65. The number of benzene rings is 1. The molecule has 0 spiro atoms. The first-order valence-corrected chi connectivity index (χ1v) is 7.31. The van der Waals surface area contributed by atoms with Crippen molar-refractivity contribution in [3.8, 4) is 17.1 Å². The van der Waals surface area contributed by atoms with E-state index in [9.17, 15) is 0 Å². The molecule has 2 heterocycles. The van der Waals surface area contributed by atoms with Gasteiger partial charge in [-0.25, -0.2) is 4.98 Å². The van der Waals surface area contributed by atoms with Crippen LogP contribution in [-0.4, -0.2) is 46.3 Å². The Balaban J connectivity index is 1.64. The van der Waals surface area contributed by atoms with Crippen LogP contribution in [0.3, 0.4) is 0 Å². The van der Waals surface area contributed by atoms with E-state index >= 15 is 0 Å². The third-order valence-electron chi connectivity index (χ3n) is 3.81. The Morgan fingerprint density at radius 3 is 2.62 bits per heavy atom. The number of hydrogen-bond donors (Lipinski definition) is 2. The fourth-order valence-electron chi connectivity index (χ4n) is 2.49. The molecule has 0 saturated carbocycles. The van der Waals surface area contributed by atoms with E-state index in [0.29, 0.717) is 24.3 Å². The molecular formula is C15H21N5O. The number of likely N-dealkylation sites (tertiary alicyclic amines) is 1. The van der Waals surface area contributed by atoms with Gasteiger partial charge in [0.2, 0.25) is 0 Å². The van der Waals surface area contributed by atoms with Crippen LogP contribution in [0.25, 0.3) is 11.4 Å². The summed E-state index contributed by atoms with van der Waals surface area (Å²) < 4.78 is 6.03. The van der Waals surface area contributed by atoms with Crippen molar-refractivity contribution in [2.45, 2.75) is 25.5 Å². The molecule has 6 nitrogen and oxygen atoms in total. The lowest BCUT2D eigenvalue weighted by Crippen LogP contribution is -2.35. The fraction of sp³-hybridized carbons (Fsp3) is 0.467. The molecule has 0 radical (unpaired) electrons. The van der Waals surface area contributed by atoms with Crippen molar-refractivity contribution in [2.24, 2.45) is 5.73 Å². The Kier molecular flexibility index (Phi) is 4.17. The first-order valence-electron chi connectivity index (χ1n) is 7.31. The summed E-state index contributed by atoms with van der Waals surface area (Å²) in [5.41, 5.74) is 6.48. The number of hydrogen-bond acceptors (Lipinski definition) is 5. The van der Waals surface area contributed by atoms with Gasteiger partial charge in [0, 0.05) is 18.7 Å². The van der Waals surface area contributed by atoms with E-state index in [1.165, 1.54) is 0 Å². The minimum Gasteiger partial charge on any atom is -0.490 e. The molecule has 0 atom stereocenters. The highest BCUT2D eigenvalue weighted by Crippen LogP contribution is 2.22. The van der Waals surface area contributed by atoms with Crippen LogP contribution in [-0.2, 0) is 6.54 Å². The molecule has 0 bridgehead atoms. The molecule has 1 aromatic carbocycles. The van der Waals surface area contributed by atoms with E-state index < -0.39 is 0 Å². The Morgan fingerprint density at radius 1 is 1.29 bits per heavy atom. The van der Waals surface area contributed by atoms with Gasteiger partial charge in [0.05, 0.1) is 6.54 Å². The van der Waals surface area contributed by atoms with E-state index in [1.54, 1.807) is 0 Å². The third-order valence-corrected chi connectivity index (χ3v) is 3.81. The van der Waals surface area contributed by atoms with Gasteiger partial charge in [0.25, 0.3) is 0 Å². The van der Waals surface area contributed by atoms with Crippen LogP contribution in [0.15, 0.2) is 24.3 Å². The van der Waals surface area contributed by atoms with Gasteiger partial charge in [-0.15, -0.1) is 0 Å². The van der Waals surface area contributed by atoms with Crippen LogP contribution in [0.1, 0.15) is 18.7 Å². The van der Waals surface area contributed by atoms with Crippen molar-refractivity contribution in [1.82, 2.24) is 20.1 Å². The Morgan fingerprint density at radius 2 is 2.00 bits per heavy atom. The Labute approximate surface area is 124 Å². The molecule has 1 aliphatic heterocycles. The topological polar surface area (TPSA) is 80.1 Å². The molecule has 1 aliphatic rings. The molecule has 112 valence electrons. The molecule has 2 aromatic rings. The van der Waals surface area contributed by atoms with Crippen LogP contribution in [0.2, 0.25) is 0 Å². The van der Waals surface area contributed by atoms with Gasteiger partial charge in [0.1, 0.15) is 17.7 Å². The Hall–Kier alpha value is -1.92. The van der Waals surface area contributed by atoms with Gasteiger partial charge in [-0.2, -0.15) is 5.10 Å². The van der Waals surface area contributed by atoms with Gasteiger partial charge < -0.3 is 15.4 Å². The van der Waals surface area contributed by atoms with Gasteiger partial charge in [0.15, 0.2) is 5.82 Å². The second kappa shape index (κ2) is 6.24. The fourth-order valence-corrected chi connectivity index (χ4v) is 2.49. The van der Waals surface area contributed by atoms with Crippen LogP contribution >= 0.6 is 0 Å². The zero-order valence-electron chi connectivity index (χ0n) is 12.2. The number of nitrogens with two attached hydrogens (primary N) is 1. The van der Waals surface area contributed by atoms with Gasteiger partial charge in [-0.3, -0.25) is 5.10 Å². The lowest BCUT2D eigenvalue weighted by molar-refractivity contribution is 0.114. The van der Waals surface area contributed by atoms with E-state index in [4.69, 9.17) is 10.5 Å². The Bertz CT molecular complexity index is 572. The number of aromatic amines is 1. The second-order valence-electron chi connectivity index (χ2n) is 5.45. The minimum atomic E-state index is 0.319. The van der Waals surface area contributed by atoms with E-state index in [-0.39, 0.29) is 0 Å². The number of nitrogens with zero attached hydrogens (tertiary/aromatic N) is 3. The quantitative estimate of drug-likeness (QED) is 0.888. The molecule has 1 saturated heterocycles. The van der Waals surface area contributed by atoms with Crippen molar-refractivity contribution >= 4 is 0 Å². The van der Waals surface area contributed by atoms with Gasteiger partial charge in [-0.05, 0) is 44.2 Å². The highest BCUT2D eigenvalue weighted by atomic mass is 16.5. The maximum atomic E-state index is 6.03. The predicted molar refractivity (Wildman–Crippen MR) is 80.9 cm³/mol. The zero-order valence-corrected chi connectivity index (χ0v) is 12.2. The van der Waals surface area contributed by atoms with Crippen molar-refractivity contribution in [3.05, 3.63) is 30.1 Å². The summed E-state index contributed by atoms with van der Waals surface area (Å²) in [6.07, 6.45) is 2.48. The van der Waals surface area contributed by atoms with Crippen LogP contribution in [0.5, 0.6) is 5.75 Å². The number of nitrogens with one attached hydrogen (secondary N) is 1. The highest BCUT2D eigenvalue weighted by molar-refractivity contribution is 5.55. The summed E-state index contributed by atoms with van der Waals surface area (Å²) in [5.74, 6) is 2.26. The van der Waals surface area contributed by atoms with Crippen LogP contribution < -0.4 is 10.5 Å². The average Bonchev–Trinajstić information content (AvgIpc) is 2.99. The molecule has 0 amide bonds. The van der Waals surface area contributed by atoms with Crippen molar-refractivity contribution < 1.29 is 4.74 Å². The smallest absolute Gasteiger partial charge is 0.181 e. The van der Waals surface area contributed by atoms with E-state index in [0.717, 1.165) is 37.2 Å². The highest BCUT2D eigenvalue weighted by Gasteiger charge is 2.18. The number of aromatic nitrogens is 3. The number of ether oxygens (including phenoxy) is 1. The molecule has 3 N–H and O–H groups in total. The summed E-state index contributed by atoms with van der Waals surface area (Å²) in [6.45, 7) is 2.56. The first-order chi connectivity index (χ1) is 10.2. The predicted octanol–water partition coefficient (Wildman–Crippen LogP) is 1.40. The number of rotatable bonds is 4. The lowest BCUT2D eigenvalue weighted by Gasteiger charge is -2.29. The normalized spacial score (nSPS) is 17.0. The molecule has 1 aromatic heterocycles. The van der Waals surface area contributed by atoms with Crippen molar-refractivity contribution in [2.75, 3.05) is 20.1 Å². The summed E-state index contributed by atoms with van der Waals surface area (Å²) in [7, 11) is 2.15. The summed E-state index contributed by atoms with van der Waals surface area (Å²) in [5, 5.41) is 6.96. The SMILES string of the molecule is CN1CCC(Oc2ccc(-c3n[nH]c(CN)n3)cc2)CC1. The molecule has 0 aliphatic carbocycles. The molecule has 0 unspecified atom stereocenters. The van der Waals surface area contributed by atoms with E-state index in [1.807, 2.05) is 24.3 Å². The molecule has 21 heavy (non-hydrogen) atoms. The zero-order chi connectivity index (χ0) is 14.7. The molecule has 1 fully saturated rings. The maximum Gasteiger partial charge on any atom is 0.181 e. The van der Waals surface area contributed by atoms with Crippen LogP contribution in [0.4, 0.5) is 0 Å². The number of piperidine rings is 1. The summed E-state index contributed by atoms with van der Waals surface area (Å²) >= 11 is 0. The molecule has 3 rings (SSSR count). The van der Waals surface area contributed by atoms with Crippen molar-refractivity contribution in [3.63, 3.8) is 0 Å². The molecular weight excluding hydrogens is 266 g/mol. The maximum absolute atomic E-state index is 6.03. The molecule has 6 heteroatoms. The summed E-state index contributed by atoms with van der Waals surface area (Å²) in [6, 6.07) is 7.92. The largest absolute Gasteiger partial charge is 0.490 e. The van der Waals surface area contributed by atoms with Gasteiger partial charge in [-0.1, -0.05) is 0 Å². The van der Waals surface area contributed by atoms with E-state index in [2.05, 4.69) is 27.1 Å². The van der Waals surface area contributed by atoms with Gasteiger partial charge >= 0.3 is 0 Å².